The Morgan fingerprint density at radius 1 is 0.704 bits per heavy atom. The fraction of sp³-hybridized carbons (Fsp3) is 0.192. The smallest absolute Gasteiger partial charge is 0.0546 e. The van der Waals surface area contributed by atoms with Gasteiger partial charge in [-0.15, -0.1) is 11.3 Å². The monoisotopic (exact) mass is 715 g/mol. The van der Waals surface area contributed by atoms with Crippen LogP contribution >= 0.6 is 11.3 Å². The molecule has 0 N–H and O–H groups in total. The molecule has 3 aliphatic rings. The van der Waals surface area contributed by atoms with Crippen LogP contribution in [0.5, 0.6) is 0 Å². The first-order valence-electron chi connectivity index (χ1n) is 19.7. The van der Waals surface area contributed by atoms with Crippen LogP contribution in [0.15, 0.2) is 182 Å². The van der Waals surface area contributed by atoms with Crippen molar-refractivity contribution in [2.75, 3.05) is 4.90 Å². The molecule has 54 heavy (non-hydrogen) atoms. The molecule has 0 aliphatic heterocycles. The predicted molar refractivity (Wildman–Crippen MR) is 232 cm³/mol. The maximum absolute atomic E-state index is 4.61. The molecule has 10 rings (SSSR count). The minimum Gasteiger partial charge on any atom is -0.310 e. The second kappa shape index (κ2) is 13.4. The molecule has 0 radical (unpaired) electrons. The molecule has 1 aromatic heterocycles. The minimum atomic E-state index is -0.282. The largest absolute Gasteiger partial charge is 0.310 e. The van der Waals surface area contributed by atoms with Crippen LogP contribution < -0.4 is 4.90 Å². The fourth-order valence-corrected chi connectivity index (χ4v) is 11.8. The van der Waals surface area contributed by atoms with E-state index < -0.39 is 0 Å². The van der Waals surface area contributed by atoms with E-state index in [0.29, 0.717) is 17.8 Å². The number of nitrogens with zero attached hydrogens (tertiary/aromatic N) is 1. The normalized spacial score (nSPS) is 21.7. The van der Waals surface area contributed by atoms with Crippen LogP contribution in [0.3, 0.4) is 0 Å². The molecule has 3 aliphatic carbocycles. The Morgan fingerprint density at radius 2 is 1.37 bits per heavy atom. The lowest BCUT2D eigenvalue weighted by Gasteiger charge is -2.42. The summed E-state index contributed by atoms with van der Waals surface area (Å²) in [6.07, 6.45) is 19.2. The Morgan fingerprint density at radius 3 is 2.13 bits per heavy atom. The van der Waals surface area contributed by atoms with Crippen molar-refractivity contribution in [2.45, 2.75) is 38.0 Å². The fourth-order valence-electron chi connectivity index (χ4n) is 10.6. The molecule has 4 atom stereocenters. The Labute approximate surface area is 323 Å². The summed E-state index contributed by atoms with van der Waals surface area (Å²) in [6, 6.07) is 50.1. The first-order chi connectivity index (χ1) is 26.7. The van der Waals surface area contributed by atoms with Crippen LogP contribution in [-0.2, 0) is 18.3 Å². The van der Waals surface area contributed by atoms with Crippen molar-refractivity contribution in [3.63, 3.8) is 0 Å². The van der Waals surface area contributed by atoms with Crippen molar-refractivity contribution in [3.8, 4) is 0 Å². The van der Waals surface area contributed by atoms with Crippen molar-refractivity contribution in [3.05, 3.63) is 204 Å². The number of hydrogen-bond acceptors (Lipinski definition) is 2. The van der Waals surface area contributed by atoms with Crippen molar-refractivity contribution in [2.24, 2.45) is 23.7 Å². The zero-order chi connectivity index (χ0) is 36.2. The quantitative estimate of drug-likeness (QED) is 0.117. The second-order valence-corrected chi connectivity index (χ2v) is 16.7. The number of fused-ring (bicyclic) bond motifs is 7. The molecule has 1 heterocycles. The Balaban J connectivity index is 1.26. The van der Waals surface area contributed by atoms with Gasteiger partial charge in [0.25, 0.3) is 0 Å². The van der Waals surface area contributed by atoms with Crippen LogP contribution in [0.1, 0.15) is 41.3 Å². The third-order valence-electron chi connectivity index (χ3n) is 12.9. The van der Waals surface area contributed by atoms with Gasteiger partial charge in [-0.1, -0.05) is 153 Å². The molecule has 0 spiro atoms. The summed E-state index contributed by atoms with van der Waals surface area (Å²) in [5.74, 6) is 1.24. The van der Waals surface area contributed by atoms with Gasteiger partial charge in [-0.05, 0) is 118 Å². The highest BCUT2D eigenvalue weighted by Crippen LogP contribution is 2.61. The third kappa shape index (κ3) is 5.11. The van der Waals surface area contributed by atoms with Gasteiger partial charge in [0.1, 0.15) is 0 Å². The van der Waals surface area contributed by atoms with Gasteiger partial charge in [0.05, 0.1) is 5.69 Å². The first kappa shape index (κ1) is 33.2. The van der Waals surface area contributed by atoms with E-state index in [4.69, 9.17) is 0 Å². The molecule has 0 saturated heterocycles. The predicted octanol–water partition coefficient (Wildman–Crippen LogP) is 13.9. The standard InChI is InChI=1S/C52H45NS/c1-3-39(34-48-35(2)41-23-14-16-28-47(41)52(48,37-19-6-4-7-20-37)38-21-8-5-9-22-38)53(40-30-31-51-46(33-40)45-27-15-17-29-50(45)54-51)49-32-36-18-10-11-24-42(36)43-25-12-13-26-44(43)49/h3-14,16,18-26,28,30-35,41,47-48H,1,15,17,27,29H2,2H3/b39-34+. The molecule has 6 aromatic carbocycles. The molecule has 0 bridgehead atoms. The number of rotatable bonds is 7. The number of anilines is 2. The van der Waals surface area contributed by atoms with E-state index >= 15 is 0 Å². The third-order valence-corrected chi connectivity index (χ3v) is 14.2. The van der Waals surface area contributed by atoms with Crippen LogP contribution in [0.2, 0.25) is 0 Å². The molecular weight excluding hydrogens is 671 g/mol. The number of benzene rings is 6. The molecule has 1 fully saturated rings. The molecule has 2 heteroatoms. The van der Waals surface area contributed by atoms with Gasteiger partial charge in [0.2, 0.25) is 0 Å². The van der Waals surface area contributed by atoms with Gasteiger partial charge in [-0.2, -0.15) is 0 Å². The summed E-state index contributed by atoms with van der Waals surface area (Å²) in [4.78, 5) is 4.12. The molecule has 264 valence electrons. The number of hydrogen-bond donors (Lipinski definition) is 0. The molecule has 4 unspecified atom stereocenters. The van der Waals surface area contributed by atoms with Crippen LogP contribution in [0.25, 0.3) is 31.6 Å². The van der Waals surface area contributed by atoms with Gasteiger partial charge in [-0.3, -0.25) is 0 Å². The zero-order valence-electron chi connectivity index (χ0n) is 30.9. The highest BCUT2D eigenvalue weighted by molar-refractivity contribution is 7.19. The number of thiophene rings is 1. The summed E-state index contributed by atoms with van der Waals surface area (Å²) < 4.78 is 1.40. The summed E-state index contributed by atoms with van der Waals surface area (Å²) >= 11 is 2.00. The highest BCUT2D eigenvalue weighted by atomic mass is 32.1. The maximum atomic E-state index is 4.61. The lowest BCUT2D eigenvalue weighted by Crippen LogP contribution is -2.39. The SMILES string of the molecule is C=C/C(=C\C1C(C)C2C=CC=CC2C1(c1ccccc1)c1ccccc1)N(c1ccc2sc3c(c2c1)CCCC3)c1cc2ccccc2c2ccccc12. The lowest BCUT2D eigenvalue weighted by molar-refractivity contribution is 0.356. The van der Waals surface area contributed by atoms with Crippen molar-refractivity contribution < 1.29 is 0 Å². The topological polar surface area (TPSA) is 3.24 Å². The van der Waals surface area contributed by atoms with Gasteiger partial charge in [-0.25, -0.2) is 0 Å². The summed E-state index contributed by atoms with van der Waals surface area (Å²) in [5, 5.41) is 6.46. The van der Waals surface area contributed by atoms with Crippen molar-refractivity contribution in [1.29, 1.82) is 0 Å². The molecule has 7 aromatic rings. The molecule has 0 amide bonds. The zero-order valence-corrected chi connectivity index (χ0v) is 31.7. The van der Waals surface area contributed by atoms with E-state index in [2.05, 4.69) is 188 Å². The number of allylic oxidation sites excluding steroid dienone is 6. The van der Waals surface area contributed by atoms with E-state index in [9.17, 15) is 0 Å². The Hall–Kier alpha value is -5.44. The van der Waals surface area contributed by atoms with E-state index in [0.717, 1.165) is 5.70 Å². The Kier molecular flexibility index (Phi) is 8.26. The molecule has 1 nitrogen and oxygen atoms in total. The number of aryl methyl sites for hydroxylation is 2. The lowest BCUT2D eigenvalue weighted by atomic mass is 9.61. The average Bonchev–Trinajstić information content (AvgIpc) is 3.73. The Bertz CT molecular complexity index is 2580. The van der Waals surface area contributed by atoms with E-state index in [-0.39, 0.29) is 11.3 Å². The van der Waals surface area contributed by atoms with Crippen molar-refractivity contribution in [1.82, 2.24) is 0 Å². The summed E-state index contributed by atoms with van der Waals surface area (Å²) in [6.45, 7) is 7.10. The highest BCUT2D eigenvalue weighted by Gasteiger charge is 2.58. The van der Waals surface area contributed by atoms with E-state index in [1.165, 1.54) is 79.8 Å². The van der Waals surface area contributed by atoms with Gasteiger partial charge >= 0.3 is 0 Å². The van der Waals surface area contributed by atoms with Crippen LogP contribution in [-0.4, -0.2) is 0 Å². The minimum absolute atomic E-state index is 0.171. The molecule has 1 saturated carbocycles. The van der Waals surface area contributed by atoms with Gasteiger partial charge in [0.15, 0.2) is 0 Å². The van der Waals surface area contributed by atoms with Crippen molar-refractivity contribution >= 4 is 54.3 Å². The van der Waals surface area contributed by atoms with Gasteiger partial charge in [0, 0.05) is 31.8 Å². The average molecular weight is 716 g/mol. The summed E-state index contributed by atoms with van der Waals surface area (Å²) in [5.41, 5.74) is 7.52. The first-order valence-corrected chi connectivity index (χ1v) is 20.5. The van der Waals surface area contributed by atoms with Gasteiger partial charge < -0.3 is 4.90 Å². The van der Waals surface area contributed by atoms with Crippen LogP contribution in [0, 0.1) is 23.7 Å². The van der Waals surface area contributed by atoms with E-state index in [1.54, 1.807) is 10.4 Å². The maximum Gasteiger partial charge on any atom is 0.0546 e. The van der Waals surface area contributed by atoms with Crippen LogP contribution in [0.4, 0.5) is 11.4 Å². The second-order valence-electron chi connectivity index (χ2n) is 15.5. The summed E-state index contributed by atoms with van der Waals surface area (Å²) in [7, 11) is 0. The van der Waals surface area contributed by atoms with E-state index in [1.807, 2.05) is 11.3 Å². The molecular formula is C52H45NS.